The fourth-order valence-electron chi connectivity index (χ4n) is 1.62. The fraction of sp³-hybridized carbons (Fsp3) is 0.286. The van der Waals surface area contributed by atoms with Crippen molar-refractivity contribution in [1.29, 1.82) is 0 Å². The van der Waals surface area contributed by atoms with Gasteiger partial charge in [-0.15, -0.1) is 11.3 Å². The van der Waals surface area contributed by atoms with Gasteiger partial charge in [-0.1, -0.05) is 50.0 Å². The first kappa shape index (κ1) is 15.3. The zero-order valence-electron chi connectivity index (χ0n) is 11.2. The lowest BCUT2D eigenvalue weighted by molar-refractivity contribution is 0.0692. The lowest BCUT2D eigenvalue weighted by atomic mass is 9.98. The average Bonchev–Trinajstić information content (AvgIpc) is 2.77. The molecule has 2 rings (SSSR count). The van der Waals surface area contributed by atoms with Gasteiger partial charge in [0, 0.05) is 5.41 Å². The smallest absolute Gasteiger partial charge is 0.356 e. The van der Waals surface area contributed by atoms with Gasteiger partial charge in [-0.25, -0.2) is 9.78 Å². The molecule has 0 radical (unpaired) electrons. The molecule has 0 fully saturated rings. The van der Waals surface area contributed by atoms with Gasteiger partial charge in [0.25, 0.3) is 0 Å². The van der Waals surface area contributed by atoms with Crippen LogP contribution in [0.25, 0.3) is 10.4 Å². The minimum absolute atomic E-state index is 0.0540. The number of rotatable bonds is 2. The SMILES string of the molecule is CC(C)(C)c1nc(C(=O)O)c(-c2ccc(Cl)c(Cl)c2)s1. The Kier molecular flexibility index (Phi) is 4.09. The number of carboxylic acids is 1. The monoisotopic (exact) mass is 329 g/mol. The first-order valence-corrected chi connectivity index (χ1v) is 7.47. The van der Waals surface area contributed by atoms with Crippen LogP contribution in [0.3, 0.4) is 0 Å². The van der Waals surface area contributed by atoms with Crippen molar-refractivity contribution in [2.24, 2.45) is 0 Å². The first-order valence-electron chi connectivity index (χ1n) is 5.90. The summed E-state index contributed by atoms with van der Waals surface area (Å²) in [6.45, 7) is 5.99. The van der Waals surface area contributed by atoms with E-state index < -0.39 is 5.97 Å². The number of carbonyl (C=O) groups is 1. The van der Waals surface area contributed by atoms with E-state index in [1.54, 1.807) is 18.2 Å². The summed E-state index contributed by atoms with van der Waals surface area (Å²) in [6, 6.07) is 5.07. The summed E-state index contributed by atoms with van der Waals surface area (Å²) in [7, 11) is 0. The Bertz CT molecular complexity index is 674. The number of nitrogens with zero attached hydrogens (tertiary/aromatic N) is 1. The zero-order valence-corrected chi connectivity index (χ0v) is 13.5. The van der Waals surface area contributed by atoms with Gasteiger partial charge in [-0.3, -0.25) is 0 Å². The molecule has 1 aromatic heterocycles. The molecule has 0 saturated carbocycles. The maximum Gasteiger partial charge on any atom is 0.356 e. The molecular weight excluding hydrogens is 317 g/mol. The third-order valence-electron chi connectivity index (χ3n) is 2.65. The molecule has 6 heteroatoms. The second kappa shape index (κ2) is 5.35. The lowest BCUT2D eigenvalue weighted by Crippen LogP contribution is -2.11. The maximum atomic E-state index is 11.4. The van der Waals surface area contributed by atoms with Crippen LogP contribution < -0.4 is 0 Å². The highest BCUT2D eigenvalue weighted by Gasteiger charge is 2.25. The van der Waals surface area contributed by atoms with E-state index >= 15 is 0 Å². The number of carboxylic acid groups (broad SMARTS) is 1. The number of hydrogen-bond acceptors (Lipinski definition) is 3. The molecule has 0 saturated heterocycles. The van der Waals surface area contributed by atoms with E-state index in [0.717, 1.165) is 5.01 Å². The zero-order chi connectivity index (χ0) is 15.1. The van der Waals surface area contributed by atoms with E-state index in [1.807, 2.05) is 20.8 Å². The Morgan fingerprint density at radius 1 is 1.25 bits per heavy atom. The summed E-state index contributed by atoms with van der Waals surface area (Å²) < 4.78 is 0. The molecule has 20 heavy (non-hydrogen) atoms. The molecule has 106 valence electrons. The topological polar surface area (TPSA) is 50.2 Å². The molecule has 0 aliphatic rings. The van der Waals surface area contributed by atoms with Crippen LogP contribution in [0.1, 0.15) is 36.3 Å². The van der Waals surface area contributed by atoms with Crippen molar-refractivity contribution < 1.29 is 9.90 Å². The molecule has 1 N–H and O–H groups in total. The molecule has 0 atom stereocenters. The van der Waals surface area contributed by atoms with Crippen molar-refractivity contribution in [1.82, 2.24) is 4.98 Å². The number of aromatic carboxylic acids is 1. The van der Waals surface area contributed by atoms with Gasteiger partial charge in [0.2, 0.25) is 0 Å². The quantitative estimate of drug-likeness (QED) is 0.832. The highest BCUT2D eigenvalue weighted by atomic mass is 35.5. The van der Waals surface area contributed by atoms with Crippen LogP contribution in [-0.4, -0.2) is 16.1 Å². The number of hydrogen-bond donors (Lipinski definition) is 1. The predicted molar refractivity (Wildman–Crippen MR) is 83.2 cm³/mol. The van der Waals surface area contributed by atoms with Crippen molar-refractivity contribution >= 4 is 40.5 Å². The number of benzene rings is 1. The molecule has 0 aliphatic heterocycles. The molecule has 2 aromatic rings. The Hall–Kier alpha value is -1.10. The van der Waals surface area contributed by atoms with Crippen LogP contribution >= 0.6 is 34.5 Å². The molecule has 0 amide bonds. The summed E-state index contributed by atoms with van der Waals surface area (Å²) in [5, 5.41) is 10.9. The summed E-state index contributed by atoms with van der Waals surface area (Å²) in [4.78, 5) is 16.2. The van der Waals surface area contributed by atoms with Gasteiger partial charge in [0.15, 0.2) is 5.69 Å². The van der Waals surface area contributed by atoms with E-state index in [9.17, 15) is 9.90 Å². The first-order chi connectivity index (χ1) is 9.20. The van der Waals surface area contributed by atoms with Crippen LogP contribution in [0.5, 0.6) is 0 Å². The van der Waals surface area contributed by atoms with Crippen molar-refractivity contribution in [3.63, 3.8) is 0 Å². The van der Waals surface area contributed by atoms with Gasteiger partial charge in [-0.05, 0) is 17.7 Å². The van der Waals surface area contributed by atoms with Crippen molar-refractivity contribution in [2.75, 3.05) is 0 Å². The van der Waals surface area contributed by atoms with E-state index in [1.165, 1.54) is 11.3 Å². The van der Waals surface area contributed by atoms with Gasteiger partial charge in [-0.2, -0.15) is 0 Å². The van der Waals surface area contributed by atoms with Gasteiger partial charge >= 0.3 is 5.97 Å². The van der Waals surface area contributed by atoms with E-state index in [0.29, 0.717) is 20.5 Å². The highest BCUT2D eigenvalue weighted by molar-refractivity contribution is 7.15. The highest BCUT2D eigenvalue weighted by Crippen LogP contribution is 2.37. The maximum absolute atomic E-state index is 11.4. The number of halogens is 2. The average molecular weight is 330 g/mol. The second-order valence-electron chi connectivity index (χ2n) is 5.38. The van der Waals surface area contributed by atoms with Crippen molar-refractivity contribution in [2.45, 2.75) is 26.2 Å². The molecular formula is C14H13Cl2NO2S. The van der Waals surface area contributed by atoms with Gasteiger partial charge < -0.3 is 5.11 Å². The molecule has 3 nitrogen and oxygen atoms in total. The Morgan fingerprint density at radius 2 is 1.90 bits per heavy atom. The number of aromatic nitrogens is 1. The van der Waals surface area contributed by atoms with E-state index in [-0.39, 0.29) is 11.1 Å². The molecule has 0 aliphatic carbocycles. The summed E-state index contributed by atoms with van der Waals surface area (Å²) >= 11 is 13.3. The number of thiazole rings is 1. The van der Waals surface area contributed by atoms with Crippen LogP contribution in [0.2, 0.25) is 10.0 Å². The summed E-state index contributed by atoms with van der Waals surface area (Å²) in [5.74, 6) is -1.04. The van der Waals surface area contributed by atoms with Gasteiger partial charge in [0.05, 0.1) is 19.9 Å². The van der Waals surface area contributed by atoms with Crippen LogP contribution in [0.15, 0.2) is 18.2 Å². The molecule has 0 spiro atoms. The van der Waals surface area contributed by atoms with Gasteiger partial charge in [0.1, 0.15) is 0 Å². The Morgan fingerprint density at radius 3 is 2.40 bits per heavy atom. The predicted octanol–water partition coefficient (Wildman–Crippen LogP) is 5.11. The summed E-state index contributed by atoms with van der Waals surface area (Å²) in [6.07, 6.45) is 0. The fourth-order valence-corrected chi connectivity index (χ4v) is 3.03. The van der Waals surface area contributed by atoms with Crippen molar-refractivity contribution in [3.8, 4) is 10.4 Å². The summed E-state index contributed by atoms with van der Waals surface area (Å²) in [5.41, 5.74) is 0.562. The van der Waals surface area contributed by atoms with Crippen LogP contribution in [0.4, 0.5) is 0 Å². The minimum atomic E-state index is -1.04. The van der Waals surface area contributed by atoms with E-state index in [4.69, 9.17) is 23.2 Å². The van der Waals surface area contributed by atoms with Crippen molar-refractivity contribution in [3.05, 3.63) is 38.9 Å². The molecule has 1 heterocycles. The normalized spacial score (nSPS) is 11.7. The molecule has 0 bridgehead atoms. The third-order valence-corrected chi connectivity index (χ3v) is 4.92. The lowest BCUT2D eigenvalue weighted by Gasteiger charge is -2.13. The standard InChI is InChI=1S/C14H13Cl2NO2S/c1-14(2,3)13-17-10(12(18)19)11(20-13)7-4-5-8(15)9(16)6-7/h4-6H,1-3H3,(H,18,19). The van der Waals surface area contributed by atoms with Crippen LogP contribution in [0, 0.1) is 0 Å². The molecule has 0 unspecified atom stereocenters. The third kappa shape index (κ3) is 2.97. The second-order valence-corrected chi connectivity index (χ2v) is 7.19. The Balaban J connectivity index is 2.63. The molecule has 1 aromatic carbocycles. The van der Waals surface area contributed by atoms with E-state index in [2.05, 4.69) is 4.98 Å². The van der Waals surface area contributed by atoms with Crippen LogP contribution in [-0.2, 0) is 5.41 Å². The minimum Gasteiger partial charge on any atom is -0.476 e. The Labute approximate surface area is 131 Å². The largest absolute Gasteiger partial charge is 0.476 e.